The monoisotopic (exact) mass is 239 g/mol. The molecule has 0 saturated heterocycles. The van der Waals surface area contributed by atoms with Crippen LogP contribution >= 0.6 is 22.6 Å². The molecule has 0 aromatic rings. The number of rotatable bonds is 2. The molecule has 1 nitrogen and oxygen atoms in total. The summed E-state index contributed by atoms with van der Waals surface area (Å²) < 4.78 is 1.23. The highest BCUT2D eigenvalue weighted by Gasteiger charge is 2.56. The standard InChI is InChI=1S/C7H14IN/c1-3-7(2)5(4-8)6(7)9/h5-6H,3-4,9H2,1-2H3/t5-,6+,7?/m0/s1. The van der Waals surface area contributed by atoms with Gasteiger partial charge in [-0.25, -0.2) is 0 Å². The highest BCUT2D eigenvalue weighted by Crippen LogP contribution is 2.53. The molecule has 1 saturated carbocycles. The highest BCUT2D eigenvalue weighted by atomic mass is 127. The van der Waals surface area contributed by atoms with Crippen LogP contribution < -0.4 is 5.73 Å². The molecule has 1 unspecified atom stereocenters. The lowest BCUT2D eigenvalue weighted by molar-refractivity contribution is 0.494. The predicted molar refractivity (Wildman–Crippen MR) is 48.8 cm³/mol. The molecule has 54 valence electrons. The van der Waals surface area contributed by atoms with E-state index < -0.39 is 0 Å². The molecule has 9 heavy (non-hydrogen) atoms. The van der Waals surface area contributed by atoms with E-state index >= 15 is 0 Å². The van der Waals surface area contributed by atoms with Crippen molar-refractivity contribution in [3.05, 3.63) is 0 Å². The molecule has 1 fully saturated rings. The summed E-state index contributed by atoms with van der Waals surface area (Å²) in [7, 11) is 0. The summed E-state index contributed by atoms with van der Waals surface area (Å²) >= 11 is 2.42. The van der Waals surface area contributed by atoms with Crippen LogP contribution in [0.4, 0.5) is 0 Å². The van der Waals surface area contributed by atoms with Gasteiger partial charge in [0, 0.05) is 10.5 Å². The fraction of sp³-hybridized carbons (Fsp3) is 1.00. The Labute approximate surface area is 70.5 Å². The van der Waals surface area contributed by atoms with Crippen molar-refractivity contribution in [2.24, 2.45) is 17.1 Å². The van der Waals surface area contributed by atoms with Crippen LogP contribution in [0.3, 0.4) is 0 Å². The van der Waals surface area contributed by atoms with Crippen molar-refractivity contribution < 1.29 is 0 Å². The minimum Gasteiger partial charge on any atom is -0.327 e. The van der Waals surface area contributed by atoms with Gasteiger partial charge in [0.25, 0.3) is 0 Å². The molecule has 0 radical (unpaired) electrons. The molecule has 1 aliphatic carbocycles. The molecular weight excluding hydrogens is 225 g/mol. The third-order valence-corrected chi connectivity index (χ3v) is 3.81. The van der Waals surface area contributed by atoms with E-state index in [-0.39, 0.29) is 0 Å². The Bertz CT molecular complexity index is 115. The Hall–Kier alpha value is 0.690. The molecule has 1 rings (SSSR count). The Kier molecular flexibility index (Phi) is 2.06. The van der Waals surface area contributed by atoms with Crippen molar-refractivity contribution in [3.63, 3.8) is 0 Å². The van der Waals surface area contributed by atoms with Crippen molar-refractivity contribution in [2.45, 2.75) is 26.3 Å². The zero-order chi connectivity index (χ0) is 7.07. The van der Waals surface area contributed by atoms with E-state index in [1.54, 1.807) is 0 Å². The van der Waals surface area contributed by atoms with Gasteiger partial charge in [-0.15, -0.1) is 0 Å². The fourth-order valence-electron chi connectivity index (χ4n) is 1.47. The number of halogens is 1. The van der Waals surface area contributed by atoms with E-state index in [0.717, 1.165) is 5.92 Å². The summed E-state index contributed by atoms with van der Waals surface area (Å²) in [5.41, 5.74) is 6.35. The van der Waals surface area contributed by atoms with Gasteiger partial charge in [-0.1, -0.05) is 36.4 Å². The topological polar surface area (TPSA) is 26.0 Å². The van der Waals surface area contributed by atoms with E-state index in [2.05, 4.69) is 36.4 Å². The van der Waals surface area contributed by atoms with Crippen LogP contribution in [0.5, 0.6) is 0 Å². The summed E-state index contributed by atoms with van der Waals surface area (Å²) in [5, 5.41) is 0. The summed E-state index contributed by atoms with van der Waals surface area (Å²) in [5.74, 6) is 0.795. The largest absolute Gasteiger partial charge is 0.327 e. The van der Waals surface area contributed by atoms with E-state index in [0.29, 0.717) is 11.5 Å². The van der Waals surface area contributed by atoms with Crippen molar-refractivity contribution in [1.29, 1.82) is 0 Å². The van der Waals surface area contributed by atoms with Crippen molar-refractivity contribution >= 4 is 22.6 Å². The molecule has 0 aliphatic heterocycles. The molecule has 0 amide bonds. The first kappa shape index (κ1) is 7.79. The Morgan fingerprint density at radius 1 is 1.67 bits per heavy atom. The molecule has 0 aromatic carbocycles. The van der Waals surface area contributed by atoms with E-state index in [4.69, 9.17) is 5.73 Å². The second kappa shape index (κ2) is 2.38. The van der Waals surface area contributed by atoms with Gasteiger partial charge in [-0.2, -0.15) is 0 Å². The van der Waals surface area contributed by atoms with Crippen LogP contribution in [0.15, 0.2) is 0 Å². The SMILES string of the molecule is CCC1(C)[C@H](N)[C@@H]1CI. The third kappa shape index (κ3) is 1.00. The molecule has 3 atom stereocenters. The van der Waals surface area contributed by atoms with Gasteiger partial charge in [0.05, 0.1) is 0 Å². The van der Waals surface area contributed by atoms with Crippen molar-refractivity contribution in [3.8, 4) is 0 Å². The van der Waals surface area contributed by atoms with Gasteiger partial charge in [-0.05, 0) is 17.8 Å². The lowest BCUT2D eigenvalue weighted by atomic mass is 10.0. The lowest BCUT2D eigenvalue weighted by Crippen LogP contribution is -2.08. The first-order chi connectivity index (χ1) is 4.16. The maximum absolute atomic E-state index is 5.86. The first-order valence-electron chi connectivity index (χ1n) is 3.48. The average molecular weight is 239 g/mol. The van der Waals surface area contributed by atoms with Crippen LogP contribution in [0.25, 0.3) is 0 Å². The van der Waals surface area contributed by atoms with Crippen LogP contribution in [0.2, 0.25) is 0 Å². The predicted octanol–water partition coefficient (Wildman–Crippen LogP) is 1.79. The minimum atomic E-state index is 0.486. The van der Waals surface area contributed by atoms with Crippen molar-refractivity contribution in [1.82, 2.24) is 0 Å². The third-order valence-electron chi connectivity index (χ3n) is 2.86. The van der Waals surface area contributed by atoms with Crippen LogP contribution in [-0.2, 0) is 0 Å². The Morgan fingerprint density at radius 2 is 2.22 bits per heavy atom. The highest BCUT2D eigenvalue weighted by molar-refractivity contribution is 14.1. The van der Waals surface area contributed by atoms with Gasteiger partial charge >= 0.3 is 0 Å². The zero-order valence-corrected chi connectivity index (χ0v) is 8.18. The Morgan fingerprint density at radius 3 is 2.33 bits per heavy atom. The second-order valence-corrected chi connectivity index (χ2v) is 4.03. The van der Waals surface area contributed by atoms with Gasteiger partial charge < -0.3 is 5.73 Å². The van der Waals surface area contributed by atoms with E-state index in [9.17, 15) is 0 Å². The maximum Gasteiger partial charge on any atom is 0.0138 e. The van der Waals surface area contributed by atoms with E-state index in [1.807, 2.05) is 0 Å². The quantitative estimate of drug-likeness (QED) is 0.577. The van der Waals surface area contributed by atoms with Gasteiger partial charge in [0.15, 0.2) is 0 Å². The number of hydrogen-bond acceptors (Lipinski definition) is 1. The molecule has 0 aromatic heterocycles. The lowest BCUT2D eigenvalue weighted by Gasteiger charge is -2.03. The molecule has 2 N–H and O–H groups in total. The van der Waals surface area contributed by atoms with Crippen LogP contribution in [-0.4, -0.2) is 10.5 Å². The van der Waals surface area contributed by atoms with Gasteiger partial charge in [0.2, 0.25) is 0 Å². The van der Waals surface area contributed by atoms with Gasteiger partial charge in [-0.3, -0.25) is 0 Å². The molecule has 0 spiro atoms. The zero-order valence-electron chi connectivity index (χ0n) is 6.02. The first-order valence-corrected chi connectivity index (χ1v) is 5.01. The maximum atomic E-state index is 5.86. The average Bonchev–Trinajstić information content (AvgIpc) is 2.38. The second-order valence-electron chi connectivity index (χ2n) is 3.15. The van der Waals surface area contributed by atoms with Crippen LogP contribution in [0.1, 0.15) is 20.3 Å². The number of hydrogen-bond donors (Lipinski definition) is 1. The number of nitrogens with two attached hydrogens (primary N) is 1. The summed E-state index contributed by atoms with van der Waals surface area (Å²) in [6, 6.07) is 0.486. The normalized spacial score (nSPS) is 49.3. The molecule has 0 heterocycles. The fourth-order valence-corrected chi connectivity index (χ4v) is 3.02. The van der Waals surface area contributed by atoms with Crippen molar-refractivity contribution in [2.75, 3.05) is 4.43 Å². The molecule has 1 aliphatic rings. The molecular formula is C7H14IN. The smallest absolute Gasteiger partial charge is 0.0138 e. The minimum absolute atomic E-state index is 0.486. The molecule has 2 heteroatoms. The molecule has 0 bridgehead atoms. The Balaban J connectivity index is 2.48. The van der Waals surface area contributed by atoms with Gasteiger partial charge in [0.1, 0.15) is 0 Å². The summed E-state index contributed by atoms with van der Waals surface area (Å²) in [6.07, 6.45) is 1.24. The number of alkyl halides is 1. The van der Waals surface area contributed by atoms with Crippen LogP contribution in [0, 0.1) is 11.3 Å². The van der Waals surface area contributed by atoms with E-state index in [1.165, 1.54) is 10.8 Å². The summed E-state index contributed by atoms with van der Waals surface area (Å²) in [6.45, 7) is 4.52. The summed E-state index contributed by atoms with van der Waals surface area (Å²) in [4.78, 5) is 0.